The van der Waals surface area contributed by atoms with E-state index in [-0.39, 0.29) is 0 Å². The first-order chi connectivity index (χ1) is 7.74. The van der Waals surface area contributed by atoms with Crippen molar-refractivity contribution in [1.29, 1.82) is 0 Å². The standard InChI is InChI=1S/C11H10Cl2N2S/c12-9-3-1-8(2-4-9)5-14-7-11-15-6-10(13)16-11/h1-4,6,14H,5,7H2. The number of rotatable bonds is 4. The van der Waals surface area contributed by atoms with Crippen LogP contribution in [-0.2, 0) is 13.1 Å². The molecule has 0 bridgehead atoms. The monoisotopic (exact) mass is 272 g/mol. The van der Waals surface area contributed by atoms with E-state index in [0.29, 0.717) is 0 Å². The molecule has 84 valence electrons. The minimum absolute atomic E-state index is 0.725. The lowest BCUT2D eigenvalue weighted by Gasteiger charge is -2.02. The summed E-state index contributed by atoms with van der Waals surface area (Å²) in [6, 6.07) is 7.78. The number of nitrogens with one attached hydrogen (secondary N) is 1. The van der Waals surface area contributed by atoms with E-state index in [2.05, 4.69) is 10.3 Å². The molecule has 0 unspecified atom stereocenters. The van der Waals surface area contributed by atoms with Crippen LogP contribution >= 0.6 is 34.5 Å². The van der Waals surface area contributed by atoms with Crippen LogP contribution < -0.4 is 5.32 Å². The highest BCUT2D eigenvalue weighted by molar-refractivity contribution is 7.15. The first-order valence-corrected chi connectivity index (χ1v) is 6.36. The van der Waals surface area contributed by atoms with Crippen LogP contribution in [0, 0.1) is 0 Å². The minimum Gasteiger partial charge on any atom is -0.306 e. The van der Waals surface area contributed by atoms with E-state index >= 15 is 0 Å². The van der Waals surface area contributed by atoms with Gasteiger partial charge in [-0.2, -0.15) is 0 Å². The summed E-state index contributed by atoms with van der Waals surface area (Å²) in [5.74, 6) is 0. The van der Waals surface area contributed by atoms with Gasteiger partial charge in [-0.15, -0.1) is 11.3 Å². The lowest BCUT2D eigenvalue weighted by Crippen LogP contribution is -2.12. The van der Waals surface area contributed by atoms with E-state index in [0.717, 1.165) is 27.5 Å². The van der Waals surface area contributed by atoms with Crippen LogP contribution in [0.4, 0.5) is 0 Å². The minimum atomic E-state index is 0.725. The van der Waals surface area contributed by atoms with Gasteiger partial charge in [0.05, 0.1) is 6.20 Å². The zero-order valence-electron chi connectivity index (χ0n) is 8.41. The molecule has 2 rings (SSSR count). The SMILES string of the molecule is Clc1ccc(CNCc2ncc(Cl)s2)cc1. The molecule has 1 aromatic heterocycles. The normalized spacial score (nSPS) is 10.6. The molecule has 0 atom stereocenters. The van der Waals surface area contributed by atoms with Crippen LogP contribution in [0.25, 0.3) is 0 Å². The van der Waals surface area contributed by atoms with Crippen LogP contribution in [0.3, 0.4) is 0 Å². The summed E-state index contributed by atoms with van der Waals surface area (Å²) in [4.78, 5) is 4.16. The van der Waals surface area contributed by atoms with Gasteiger partial charge >= 0.3 is 0 Å². The van der Waals surface area contributed by atoms with Crippen molar-refractivity contribution in [3.05, 3.63) is 50.4 Å². The van der Waals surface area contributed by atoms with Gasteiger partial charge in [0.15, 0.2) is 0 Å². The average Bonchev–Trinajstić information content (AvgIpc) is 2.67. The van der Waals surface area contributed by atoms with Crippen LogP contribution in [0.2, 0.25) is 9.36 Å². The summed E-state index contributed by atoms with van der Waals surface area (Å²) < 4.78 is 0.725. The largest absolute Gasteiger partial charge is 0.306 e. The summed E-state index contributed by atoms with van der Waals surface area (Å²) in [5.41, 5.74) is 1.20. The topological polar surface area (TPSA) is 24.9 Å². The second-order valence-corrected chi connectivity index (χ2v) is 5.47. The fourth-order valence-electron chi connectivity index (χ4n) is 1.29. The van der Waals surface area contributed by atoms with Gasteiger partial charge < -0.3 is 5.32 Å². The van der Waals surface area contributed by atoms with E-state index in [1.807, 2.05) is 24.3 Å². The molecule has 1 N–H and O–H groups in total. The average molecular weight is 273 g/mol. The highest BCUT2D eigenvalue weighted by atomic mass is 35.5. The van der Waals surface area contributed by atoms with Crippen molar-refractivity contribution in [2.75, 3.05) is 0 Å². The molecule has 0 aliphatic carbocycles. The Morgan fingerprint density at radius 3 is 2.50 bits per heavy atom. The molecule has 2 aromatic rings. The van der Waals surface area contributed by atoms with Crippen molar-refractivity contribution < 1.29 is 0 Å². The van der Waals surface area contributed by atoms with Crippen LogP contribution in [0.5, 0.6) is 0 Å². The number of hydrogen-bond acceptors (Lipinski definition) is 3. The predicted octanol–water partition coefficient (Wildman–Crippen LogP) is 3.74. The second kappa shape index (κ2) is 5.64. The Bertz CT molecular complexity index is 453. The maximum Gasteiger partial charge on any atom is 0.113 e. The number of nitrogens with zero attached hydrogens (tertiary/aromatic N) is 1. The van der Waals surface area contributed by atoms with Crippen molar-refractivity contribution in [1.82, 2.24) is 10.3 Å². The van der Waals surface area contributed by atoms with E-state index in [1.165, 1.54) is 16.9 Å². The number of thiazole rings is 1. The summed E-state index contributed by atoms with van der Waals surface area (Å²) in [5, 5.41) is 5.06. The Morgan fingerprint density at radius 2 is 1.88 bits per heavy atom. The van der Waals surface area contributed by atoms with Gasteiger partial charge in [0.2, 0.25) is 0 Å². The molecule has 0 fully saturated rings. The third kappa shape index (κ3) is 3.46. The Labute approximate surface area is 108 Å². The molecule has 2 nitrogen and oxygen atoms in total. The molecule has 0 aliphatic rings. The molecule has 1 aromatic carbocycles. The van der Waals surface area contributed by atoms with Crippen molar-refractivity contribution in [3.63, 3.8) is 0 Å². The molecule has 16 heavy (non-hydrogen) atoms. The van der Waals surface area contributed by atoms with Crippen molar-refractivity contribution in [2.45, 2.75) is 13.1 Å². The molecular weight excluding hydrogens is 263 g/mol. The maximum atomic E-state index is 5.80. The van der Waals surface area contributed by atoms with Gasteiger partial charge in [-0.25, -0.2) is 4.98 Å². The predicted molar refractivity (Wildman–Crippen MR) is 69.1 cm³/mol. The quantitative estimate of drug-likeness (QED) is 0.917. The molecule has 0 spiro atoms. The first kappa shape index (κ1) is 11.9. The lowest BCUT2D eigenvalue weighted by atomic mass is 10.2. The first-order valence-electron chi connectivity index (χ1n) is 4.79. The van der Waals surface area contributed by atoms with E-state index < -0.39 is 0 Å². The van der Waals surface area contributed by atoms with Gasteiger partial charge in [-0.3, -0.25) is 0 Å². The molecular formula is C11H10Cl2N2S. The van der Waals surface area contributed by atoms with Crippen molar-refractivity contribution in [3.8, 4) is 0 Å². The summed E-state index contributed by atoms with van der Waals surface area (Å²) in [6.07, 6.45) is 1.67. The number of aromatic nitrogens is 1. The van der Waals surface area contributed by atoms with Crippen LogP contribution in [0.15, 0.2) is 30.5 Å². The smallest absolute Gasteiger partial charge is 0.113 e. The Kier molecular flexibility index (Phi) is 4.18. The highest BCUT2D eigenvalue weighted by Gasteiger charge is 1.99. The van der Waals surface area contributed by atoms with Crippen molar-refractivity contribution >= 4 is 34.5 Å². The second-order valence-electron chi connectivity index (χ2n) is 3.29. The molecule has 0 amide bonds. The highest BCUT2D eigenvalue weighted by Crippen LogP contribution is 2.18. The maximum absolute atomic E-state index is 5.80. The third-order valence-corrected chi connectivity index (χ3v) is 3.41. The third-order valence-electron chi connectivity index (χ3n) is 2.04. The van der Waals surface area contributed by atoms with Gasteiger partial charge in [-0.05, 0) is 17.7 Å². The van der Waals surface area contributed by atoms with E-state index in [4.69, 9.17) is 23.2 Å². The lowest BCUT2D eigenvalue weighted by molar-refractivity contribution is 0.690. The molecule has 5 heteroatoms. The number of hydrogen-bond donors (Lipinski definition) is 1. The summed E-state index contributed by atoms with van der Waals surface area (Å²) in [7, 11) is 0. The summed E-state index contributed by atoms with van der Waals surface area (Å²) >= 11 is 13.1. The Balaban J connectivity index is 1.82. The van der Waals surface area contributed by atoms with E-state index in [1.54, 1.807) is 6.20 Å². The van der Waals surface area contributed by atoms with E-state index in [9.17, 15) is 0 Å². The molecule has 1 heterocycles. The molecule has 0 radical (unpaired) electrons. The number of halogens is 2. The fourth-order valence-corrected chi connectivity index (χ4v) is 2.34. The number of benzene rings is 1. The van der Waals surface area contributed by atoms with Crippen LogP contribution in [0.1, 0.15) is 10.6 Å². The summed E-state index contributed by atoms with van der Waals surface area (Å²) in [6.45, 7) is 1.54. The van der Waals surface area contributed by atoms with Crippen molar-refractivity contribution in [2.24, 2.45) is 0 Å². The van der Waals surface area contributed by atoms with Crippen LogP contribution in [-0.4, -0.2) is 4.98 Å². The molecule has 0 aliphatic heterocycles. The fraction of sp³-hybridized carbons (Fsp3) is 0.182. The molecule has 0 saturated carbocycles. The van der Waals surface area contributed by atoms with Gasteiger partial charge in [0, 0.05) is 18.1 Å². The zero-order chi connectivity index (χ0) is 11.4. The zero-order valence-corrected chi connectivity index (χ0v) is 10.7. The van der Waals surface area contributed by atoms with Gasteiger partial charge in [-0.1, -0.05) is 35.3 Å². The Morgan fingerprint density at radius 1 is 1.12 bits per heavy atom. The van der Waals surface area contributed by atoms with Gasteiger partial charge in [0.1, 0.15) is 9.34 Å². The van der Waals surface area contributed by atoms with Gasteiger partial charge in [0.25, 0.3) is 0 Å². The Hall–Kier alpha value is -0.610. The molecule has 0 saturated heterocycles.